The van der Waals surface area contributed by atoms with Gasteiger partial charge in [-0.05, 0) is 57.6 Å². The molecule has 2 fully saturated rings. The van der Waals surface area contributed by atoms with E-state index >= 15 is 0 Å². The van der Waals surface area contributed by atoms with Gasteiger partial charge in [-0.1, -0.05) is 0 Å². The molecule has 25 heavy (non-hydrogen) atoms. The van der Waals surface area contributed by atoms with Gasteiger partial charge in [-0.25, -0.2) is 4.98 Å². The van der Waals surface area contributed by atoms with Crippen LogP contribution in [0.1, 0.15) is 59.2 Å². The topological polar surface area (TPSA) is 51.0 Å². The van der Waals surface area contributed by atoms with Gasteiger partial charge in [-0.3, -0.25) is 9.78 Å². The average molecular weight is 338 g/mol. The standard InChI is InChI=1S/C20H26N4O/c1-14-3-4-18(12-21-14)20(25)23-9-7-16(8-10-23)13-24-15(2)11-22-19(24)17-5-6-17/h3-4,11-12,16-17H,5-10,13H2,1-2H3. The van der Waals surface area contributed by atoms with Gasteiger partial charge in [0.25, 0.3) is 5.91 Å². The summed E-state index contributed by atoms with van der Waals surface area (Å²) >= 11 is 0. The van der Waals surface area contributed by atoms with Gasteiger partial charge in [-0.15, -0.1) is 0 Å². The van der Waals surface area contributed by atoms with Crippen molar-refractivity contribution < 1.29 is 4.79 Å². The number of rotatable bonds is 4. The zero-order chi connectivity index (χ0) is 17.4. The van der Waals surface area contributed by atoms with Gasteiger partial charge in [-0.2, -0.15) is 0 Å². The van der Waals surface area contributed by atoms with Crippen molar-refractivity contribution in [3.05, 3.63) is 47.3 Å². The molecular weight excluding hydrogens is 312 g/mol. The molecule has 3 heterocycles. The number of hydrogen-bond acceptors (Lipinski definition) is 3. The van der Waals surface area contributed by atoms with Crippen LogP contribution in [0.3, 0.4) is 0 Å². The van der Waals surface area contributed by atoms with Gasteiger partial charge in [0.15, 0.2) is 0 Å². The number of piperidine rings is 1. The van der Waals surface area contributed by atoms with Crippen LogP contribution < -0.4 is 0 Å². The van der Waals surface area contributed by atoms with Crippen molar-refractivity contribution in [3.63, 3.8) is 0 Å². The maximum Gasteiger partial charge on any atom is 0.255 e. The smallest absolute Gasteiger partial charge is 0.255 e. The molecule has 0 atom stereocenters. The van der Waals surface area contributed by atoms with Crippen molar-refractivity contribution in [1.29, 1.82) is 0 Å². The van der Waals surface area contributed by atoms with Crippen molar-refractivity contribution >= 4 is 5.91 Å². The predicted octanol–water partition coefficient (Wildman–Crippen LogP) is 3.32. The second kappa shape index (κ2) is 6.62. The third-order valence-corrected chi connectivity index (χ3v) is 5.53. The van der Waals surface area contributed by atoms with E-state index in [0.717, 1.165) is 38.2 Å². The molecule has 0 N–H and O–H groups in total. The quantitative estimate of drug-likeness (QED) is 0.859. The number of aryl methyl sites for hydroxylation is 2. The molecular formula is C20H26N4O. The first-order valence-electron chi connectivity index (χ1n) is 9.36. The monoisotopic (exact) mass is 338 g/mol. The lowest BCUT2D eigenvalue weighted by Gasteiger charge is -2.32. The maximum atomic E-state index is 12.6. The third-order valence-electron chi connectivity index (χ3n) is 5.53. The van der Waals surface area contributed by atoms with Crippen LogP contribution in [0.4, 0.5) is 0 Å². The molecule has 5 heteroatoms. The minimum atomic E-state index is 0.114. The van der Waals surface area contributed by atoms with E-state index in [-0.39, 0.29) is 5.91 Å². The molecule has 0 spiro atoms. The van der Waals surface area contributed by atoms with Crippen LogP contribution in [0, 0.1) is 19.8 Å². The normalized spacial score (nSPS) is 18.6. The molecule has 2 aromatic rings. The lowest BCUT2D eigenvalue weighted by atomic mass is 9.96. The number of nitrogens with zero attached hydrogens (tertiary/aromatic N) is 4. The van der Waals surface area contributed by atoms with E-state index in [9.17, 15) is 4.79 Å². The first-order chi connectivity index (χ1) is 12.1. The Morgan fingerprint density at radius 3 is 2.48 bits per heavy atom. The second-order valence-corrected chi connectivity index (χ2v) is 7.57. The number of aromatic nitrogens is 3. The summed E-state index contributed by atoms with van der Waals surface area (Å²) < 4.78 is 2.42. The van der Waals surface area contributed by atoms with Crippen molar-refractivity contribution in [2.45, 2.75) is 52.0 Å². The summed E-state index contributed by atoms with van der Waals surface area (Å²) in [5, 5.41) is 0. The highest BCUT2D eigenvalue weighted by atomic mass is 16.2. The molecule has 2 aliphatic rings. The van der Waals surface area contributed by atoms with E-state index in [0.29, 0.717) is 17.4 Å². The molecule has 4 rings (SSSR count). The number of carbonyl (C=O) groups is 1. The molecule has 132 valence electrons. The maximum absolute atomic E-state index is 12.6. The van der Waals surface area contributed by atoms with E-state index in [4.69, 9.17) is 0 Å². The Morgan fingerprint density at radius 2 is 1.84 bits per heavy atom. The molecule has 1 saturated heterocycles. The third kappa shape index (κ3) is 3.46. The first-order valence-corrected chi connectivity index (χ1v) is 9.36. The van der Waals surface area contributed by atoms with E-state index in [2.05, 4.69) is 21.5 Å². The number of hydrogen-bond donors (Lipinski definition) is 0. The molecule has 1 aliphatic heterocycles. The zero-order valence-electron chi connectivity index (χ0n) is 15.1. The molecule has 1 amide bonds. The van der Waals surface area contributed by atoms with Crippen LogP contribution in [0.25, 0.3) is 0 Å². The lowest BCUT2D eigenvalue weighted by Crippen LogP contribution is -2.39. The van der Waals surface area contributed by atoms with E-state index in [1.165, 1.54) is 24.4 Å². The van der Waals surface area contributed by atoms with Crippen LogP contribution in [-0.2, 0) is 6.54 Å². The van der Waals surface area contributed by atoms with E-state index < -0.39 is 0 Å². The van der Waals surface area contributed by atoms with Gasteiger partial charge in [0, 0.05) is 49.3 Å². The summed E-state index contributed by atoms with van der Waals surface area (Å²) in [5.74, 6) is 2.71. The number of pyridine rings is 1. The van der Waals surface area contributed by atoms with Crippen LogP contribution in [0.5, 0.6) is 0 Å². The summed E-state index contributed by atoms with van der Waals surface area (Å²) in [7, 11) is 0. The van der Waals surface area contributed by atoms with Crippen LogP contribution in [-0.4, -0.2) is 38.4 Å². The fourth-order valence-corrected chi connectivity index (χ4v) is 3.74. The molecule has 0 radical (unpaired) electrons. The van der Waals surface area contributed by atoms with Crippen molar-refractivity contribution in [2.75, 3.05) is 13.1 Å². The Balaban J connectivity index is 1.36. The number of amides is 1. The van der Waals surface area contributed by atoms with Crippen LogP contribution in [0.2, 0.25) is 0 Å². The predicted molar refractivity (Wildman–Crippen MR) is 96.5 cm³/mol. The fourth-order valence-electron chi connectivity index (χ4n) is 3.74. The Kier molecular flexibility index (Phi) is 4.32. The SMILES string of the molecule is Cc1ccc(C(=O)N2CCC(Cn3c(C)cnc3C3CC3)CC2)cn1. The highest BCUT2D eigenvalue weighted by molar-refractivity contribution is 5.93. The van der Waals surface area contributed by atoms with Crippen molar-refractivity contribution in [1.82, 2.24) is 19.4 Å². The van der Waals surface area contributed by atoms with E-state index in [1.807, 2.05) is 30.2 Å². The summed E-state index contributed by atoms with van der Waals surface area (Å²) in [6.07, 6.45) is 8.40. The van der Waals surface area contributed by atoms with Gasteiger partial charge in [0.2, 0.25) is 0 Å². The Labute approximate surface area is 149 Å². The highest BCUT2D eigenvalue weighted by Crippen LogP contribution is 2.40. The van der Waals surface area contributed by atoms with Crippen molar-refractivity contribution in [2.24, 2.45) is 5.92 Å². The molecule has 0 bridgehead atoms. The van der Waals surface area contributed by atoms with Crippen LogP contribution >= 0.6 is 0 Å². The molecule has 1 aliphatic carbocycles. The number of imidazole rings is 1. The summed E-state index contributed by atoms with van der Waals surface area (Å²) in [6, 6.07) is 3.79. The highest BCUT2D eigenvalue weighted by Gasteiger charge is 2.30. The Morgan fingerprint density at radius 1 is 1.08 bits per heavy atom. The molecule has 2 aromatic heterocycles. The number of carbonyl (C=O) groups excluding carboxylic acids is 1. The van der Waals surface area contributed by atoms with E-state index in [1.54, 1.807) is 6.20 Å². The molecule has 1 saturated carbocycles. The van der Waals surface area contributed by atoms with Crippen molar-refractivity contribution in [3.8, 4) is 0 Å². The molecule has 5 nitrogen and oxygen atoms in total. The summed E-state index contributed by atoms with van der Waals surface area (Å²) in [6.45, 7) is 6.81. The average Bonchev–Trinajstić information content (AvgIpc) is 3.41. The second-order valence-electron chi connectivity index (χ2n) is 7.57. The van der Waals surface area contributed by atoms with Gasteiger partial charge in [0.05, 0.1) is 5.56 Å². The summed E-state index contributed by atoms with van der Waals surface area (Å²) in [4.78, 5) is 23.5. The van der Waals surface area contributed by atoms with Gasteiger partial charge >= 0.3 is 0 Å². The number of likely N-dealkylation sites (tertiary alicyclic amines) is 1. The first kappa shape index (κ1) is 16.3. The Hall–Kier alpha value is -2.17. The largest absolute Gasteiger partial charge is 0.339 e. The molecule has 0 aromatic carbocycles. The minimum absolute atomic E-state index is 0.114. The Bertz CT molecular complexity index is 753. The minimum Gasteiger partial charge on any atom is -0.339 e. The van der Waals surface area contributed by atoms with Crippen LogP contribution in [0.15, 0.2) is 24.5 Å². The summed E-state index contributed by atoms with van der Waals surface area (Å²) in [5.41, 5.74) is 2.91. The lowest BCUT2D eigenvalue weighted by molar-refractivity contribution is 0.0681. The zero-order valence-corrected chi connectivity index (χ0v) is 15.1. The molecule has 0 unspecified atom stereocenters. The van der Waals surface area contributed by atoms with Gasteiger partial charge in [0.1, 0.15) is 5.82 Å². The fraction of sp³-hybridized carbons (Fsp3) is 0.550. The van der Waals surface area contributed by atoms with Gasteiger partial charge < -0.3 is 9.47 Å².